The Kier molecular flexibility index (Phi) is 3.14. The van der Waals surface area contributed by atoms with E-state index in [9.17, 15) is 4.79 Å². The van der Waals surface area contributed by atoms with Crippen LogP contribution in [-0.4, -0.2) is 12.5 Å². The summed E-state index contributed by atoms with van der Waals surface area (Å²) in [6, 6.07) is 5.23. The topological polar surface area (TPSA) is 52.3 Å². The Morgan fingerprint density at radius 3 is 2.92 bits per heavy atom. The summed E-state index contributed by atoms with van der Waals surface area (Å²) in [6.07, 6.45) is 0. The number of carbonyl (C=O) groups is 1. The lowest BCUT2D eigenvalue weighted by atomic mass is 10.2. The van der Waals surface area contributed by atoms with Gasteiger partial charge in [-0.3, -0.25) is 4.79 Å². The number of hydrogen-bond donors (Lipinski definition) is 1. The van der Waals surface area contributed by atoms with Crippen LogP contribution in [-0.2, 0) is 4.79 Å². The van der Waals surface area contributed by atoms with Gasteiger partial charge in [-0.25, -0.2) is 0 Å². The van der Waals surface area contributed by atoms with Gasteiger partial charge in [0.05, 0.1) is 0 Å². The maximum absolute atomic E-state index is 10.4. The number of primary amides is 1. The van der Waals surface area contributed by atoms with Gasteiger partial charge in [0.15, 0.2) is 6.61 Å². The molecule has 0 unspecified atom stereocenters. The lowest BCUT2D eigenvalue weighted by molar-refractivity contribution is -0.119. The summed E-state index contributed by atoms with van der Waals surface area (Å²) < 4.78 is 5.12. The van der Waals surface area contributed by atoms with E-state index >= 15 is 0 Å². The summed E-state index contributed by atoms with van der Waals surface area (Å²) in [6.45, 7) is 1.74. The highest BCUT2D eigenvalue weighted by Crippen LogP contribution is 2.22. The molecule has 0 aliphatic heterocycles. The Balaban J connectivity index is 2.75. The van der Waals surface area contributed by atoms with Crippen molar-refractivity contribution in [3.8, 4) is 5.75 Å². The molecule has 3 nitrogen and oxygen atoms in total. The van der Waals surface area contributed by atoms with Gasteiger partial charge >= 0.3 is 0 Å². The Hall–Kier alpha value is -1.22. The number of benzene rings is 1. The quantitative estimate of drug-likeness (QED) is 0.803. The first-order valence-electron chi connectivity index (χ1n) is 3.77. The molecule has 0 fully saturated rings. The lowest BCUT2D eigenvalue weighted by Crippen LogP contribution is -2.20. The third kappa shape index (κ3) is 2.95. The van der Waals surface area contributed by atoms with E-state index < -0.39 is 5.91 Å². The van der Waals surface area contributed by atoms with Crippen molar-refractivity contribution in [3.05, 3.63) is 28.8 Å². The molecule has 0 bridgehead atoms. The number of halogens is 1. The molecule has 4 heteroatoms. The average Bonchev–Trinajstić information content (AvgIpc) is 2.06. The first-order chi connectivity index (χ1) is 6.09. The van der Waals surface area contributed by atoms with Crippen molar-refractivity contribution in [1.82, 2.24) is 0 Å². The van der Waals surface area contributed by atoms with Gasteiger partial charge in [0, 0.05) is 5.02 Å². The lowest BCUT2D eigenvalue weighted by Gasteiger charge is -2.06. The van der Waals surface area contributed by atoms with Gasteiger partial charge in [-0.2, -0.15) is 0 Å². The van der Waals surface area contributed by atoms with Crippen molar-refractivity contribution in [2.24, 2.45) is 5.73 Å². The maximum atomic E-state index is 10.4. The summed E-state index contributed by atoms with van der Waals surface area (Å²) in [5.74, 6) is 0.0886. The SMILES string of the molecule is Cc1ccc(Cl)cc1OCC(N)=O. The molecule has 1 aromatic rings. The van der Waals surface area contributed by atoms with Gasteiger partial charge < -0.3 is 10.5 Å². The highest BCUT2D eigenvalue weighted by molar-refractivity contribution is 6.30. The first kappa shape index (κ1) is 9.86. The molecule has 0 atom stereocenters. The number of aryl methyl sites for hydroxylation is 1. The predicted octanol–water partition coefficient (Wildman–Crippen LogP) is 1.51. The molecule has 1 amide bonds. The zero-order valence-corrected chi connectivity index (χ0v) is 7.97. The highest BCUT2D eigenvalue weighted by Gasteiger charge is 2.01. The molecular weight excluding hydrogens is 190 g/mol. The number of rotatable bonds is 3. The Morgan fingerprint density at radius 2 is 2.31 bits per heavy atom. The molecule has 1 rings (SSSR count). The van der Waals surface area contributed by atoms with Crippen LogP contribution in [0.5, 0.6) is 5.75 Å². The summed E-state index contributed by atoms with van der Waals surface area (Å²) in [5.41, 5.74) is 5.85. The second kappa shape index (κ2) is 4.14. The van der Waals surface area contributed by atoms with Gasteiger partial charge in [-0.15, -0.1) is 0 Å². The molecular formula is C9H10ClNO2. The number of carbonyl (C=O) groups excluding carboxylic acids is 1. The number of ether oxygens (including phenoxy) is 1. The smallest absolute Gasteiger partial charge is 0.255 e. The van der Waals surface area contributed by atoms with Gasteiger partial charge in [0.2, 0.25) is 0 Å². The van der Waals surface area contributed by atoms with E-state index in [0.29, 0.717) is 10.8 Å². The van der Waals surface area contributed by atoms with Crippen molar-refractivity contribution in [2.45, 2.75) is 6.92 Å². The molecule has 2 N–H and O–H groups in total. The van der Waals surface area contributed by atoms with Gasteiger partial charge in [0.1, 0.15) is 5.75 Å². The molecule has 0 heterocycles. The minimum atomic E-state index is -0.501. The van der Waals surface area contributed by atoms with Crippen LogP contribution < -0.4 is 10.5 Å². The molecule has 13 heavy (non-hydrogen) atoms. The summed E-state index contributed by atoms with van der Waals surface area (Å²) in [5, 5.41) is 0.574. The molecule has 0 aromatic heterocycles. The second-order valence-corrected chi connectivity index (χ2v) is 3.10. The monoisotopic (exact) mass is 199 g/mol. The minimum absolute atomic E-state index is 0.124. The molecule has 0 saturated heterocycles. The fraction of sp³-hybridized carbons (Fsp3) is 0.222. The van der Waals surface area contributed by atoms with Crippen LogP contribution in [0, 0.1) is 6.92 Å². The van der Waals surface area contributed by atoms with Crippen LogP contribution in [0.1, 0.15) is 5.56 Å². The van der Waals surface area contributed by atoms with Crippen LogP contribution >= 0.6 is 11.6 Å². The van der Waals surface area contributed by atoms with Crippen LogP contribution in [0.4, 0.5) is 0 Å². The van der Waals surface area contributed by atoms with Crippen molar-refractivity contribution in [2.75, 3.05) is 6.61 Å². The van der Waals surface area contributed by atoms with E-state index in [1.807, 2.05) is 13.0 Å². The minimum Gasteiger partial charge on any atom is -0.483 e. The van der Waals surface area contributed by atoms with Gasteiger partial charge in [-0.05, 0) is 24.6 Å². The van der Waals surface area contributed by atoms with E-state index in [1.165, 1.54) is 0 Å². The fourth-order valence-corrected chi connectivity index (χ4v) is 1.04. The standard InChI is InChI=1S/C9H10ClNO2/c1-6-2-3-7(10)4-8(6)13-5-9(11)12/h2-4H,5H2,1H3,(H2,11,12). The third-order valence-corrected chi connectivity index (χ3v) is 1.76. The molecule has 0 spiro atoms. The van der Waals surface area contributed by atoms with E-state index in [0.717, 1.165) is 5.56 Å². The van der Waals surface area contributed by atoms with Crippen LogP contribution in [0.3, 0.4) is 0 Å². The van der Waals surface area contributed by atoms with Crippen LogP contribution in [0.25, 0.3) is 0 Å². The summed E-state index contributed by atoms with van der Waals surface area (Å²) >= 11 is 5.74. The molecule has 0 radical (unpaired) electrons. The van der Waals surface area contributed by atoms with Crippen LogP contribution in [0.2, 0.25) is 5.02 Å². The summed E-state index contributed by atoms with van der Waals surface area (Å²) in [7, 11) is 0. The molecule has 1 aromatic carbocycles. The number of hydrogen-bond acceptors (Lipinski definition) is 2. The van der Waals surface area contributed by atoms with E-state index in [2.05, 4.69) is 0 Å². The van der Waals surface area contributed by atoms with Crippen molar-refractivity contribution < 1.29 is 9.53 Å². The number of nitrogens with two attached hydrogens (primary N) is 1. The zero-order chi connectivity index (χ0) is 9.84. The predicted molar refractivity (Wildman–Crippen MR) is 50.9 cm³/mol. The molecule has 70 valence electrons. The van der Waals surface area contributed by atoms with E-state index in [1.54, 1.807) is 12.1 Å². The maximum Gasteiger partial charge on any atom is 0.255 e. The van der Waals surface area contributed by atoms with E-state index in [-0.39, 0.29) is 6.61 Å². The Bertz CT molecular complexity index is 325. The van der Waals surface area contributed by atoms with Crippen LogP contribution in [0.15, 0.2) is 18.2 Å². The molecule has 0 saturated carbocycles. The Labute approximate surface area is 81.4 Å². The van der Waals surface area contributed by atoms with E-state index in [4.69, 9.17) is 22.1 Å². The summed E-state index contributed by atoms with van der Waals surface area (Å²) in [4.78, 5) is 10.4. The average molecular weight is 200 g/mol. The van der Waals surface area contributed by atoms with Crippen molar-refractivity contribution in [1.29, 1.82) is 0 Å². The highest BCUT2D eigenvalue weighted by atomic mass is 35.5. The molecule has 0 aliphatic carbocycles. The third-order valence-electron chi connectivity index (χ3n) is 1.52. The van der Waals surface area contributed by atoms with Crippen molar-refractivity contribution >= 4 is 17.5 Å². The zero-order valence-electron chi connectivity index (χ0n) is 7.21. The largest absolute Gasteiger partial charge is 0.483 e. The normalized spacial score (nSPS) is 9.69. The van der Waals surface area contributed by atoms with Crippen molar-refractivity contribution in [3.63, 3.8) is 0 Å². The van der Waals surface area contributed by atoms with Gasteiger partial charge in [0.25, 0.3) is 5.91 Å². The second-order valence-electron chi connectivity index (χ2n) is 2.66. The van der Waals surface area contributed by atoms with Gasteiger partial charge in [-0.1, -0.05) is 17.7 Å². The number of amides is 1. The Morgan fingerprint density at radius 1 is 1.62 bits per heavy atom. The molecule has 0 aliphatic rings. The first-order valence-corrected chi connectivity index (χ1v) is 4.14. The fourth-order valence-electron chi connectivity index (χ4n) is 0.878.